The van der Waals surface area contributed by atoms with Gasteiger partial charge in [0, 0.05) is 16.2 Å². The number of benzene rings is 1. The number of aromatic amines is 1. The highest BCUT2D eigenvalue weighted by Gasteiger charge is 2.32. The Morgan fingerprint density at radius 3 is 3.24 bits per heavy atom. The molecule has 2 aromatic rings. The number of fused-ring (bicyclic) bond motifs is 2. The van der Waals surface area contributed by atoms with Crippen molar-refractivity contribution in [1.29, 1.82) is 0 Å². The SMILES string of the molecule is S=c1[nH]c2cc(I)ccc2n1CC1CN2CCCC2CO1. The smallest absolute Gasteiger partial charge is 0.178 e. The van der Waals surface area contributed by atoms with Crippen molar-refractivity contribution >= 4 is 45.8 Å². The first-order valence-corrected chi connectivity index (χ1v) is 8.93. The van der Waals surface area contributed by atoms with Gasteiger partial charge in [-0.15, -0.1) is 0 Å². The summed E-state index contributed by atoms with van der Waals surface area (Å²) >= 11 is 7.82. The summed E-state index contributed by atoms with van der Waals surface area (Å²) in [6.07, 6.45) is 2.84. The summed E-state index contributed by atoms with van der Waals surface area (Å²) in [4.78, 5) is 5.89. The minimum absolute atomic E-state index is 0.240. The van der Waals surface area contributed by atoms with Gasteiger partial charge in [0.2, 0.25) is 0 Å². The summed E-state index contributed by atoms with van der Waals surface area (Å²) in [5, 5.41) is 0. The molecule has 2 unspecified atom stereocenters. The summed E-state index contributed by atoms with van der Waals surface area (Å²) in [6, 6.07) is 7.06. The zero-order chi connectivity index (χ0) is 14.4. The summed E-state index contributed by atoms with van der Waals surface area (Å²) in [6.45, 7) is 3.96. The largest absolute Gasteiger partial charge is 0.373 e. The first-order valence-electron chi connectivity index (χ1n) is 7.44. The van der Waals surface area contributed by atoms with E-state index in [9.17, 15) is 0 Å². The van der Waals surface area contributed by atoms with E-state index in [0.717, 1.165) is 30.0 Å². The van der Waals surface area contributed by atoms with Gasteiger partial charge in [-0.3, -0.25) is 4.90 Å². The molecular formula is C15H18IN3OS. The molecule has 1 aromatic heterocycles. The highest BCUT2D eigenvalue weighted by molar-refractivity contribution is 14.1. The number of nitrogens with zero attached hydrogens (tertiary/aromatic N) is 2. The normalized spacial score (nSPS) is 26.3. The lowest BCUT2D eigenvalue weighted by Crippen LogP contribution is -2.47. The van der Waals surface area contributed by atoms with Crippen LogP contribution in [0.3, 0.4) is 0 Å². The Labute approximate surface area is 142 Å². The lowest BCUT2D eigenvalue weighted by atomic mass is 10.2. The number of imidazole rings is 1. The van der Waals surface area contributed by atoms with Gasteiger partial charge in [0.25, 0.3) is 0 Å². The maximum Gasteiger partial charge on any atom is 0.178 e. The molecule has 0 radical (unpaired) electrons. The average molecular weight is 415 g/mol. The van der Waals surface area contributed by atoms with Crippen molar-refractivity contribution in [3.8, 4) is 0 Å². The van der Waals surface area contributed by atoms with E-state index >= 15 is 0 Å². The molecule has 4 rings (SSSR count). The highest BCUT2D eigenvalue weighted by atomic mass is 127. The van der Waals surface area contributed by atoms with Crippen molar-refractivity contribution in [2.24, 2.45) is 0 Å². The van der Waals surface area contributed by atoms with Crippen LogP contribution >= 0.6 is 34.8 Å². The number of nitrogens with one attached hydrogen (secondary N) is 1. The van der Waals surface area contributed by atoms with Crippen LogP contribution < -0.4 is 0 Å². The second-order valence-corrected chi connectivity index (χ2v) is 7.58. The van der Waals surface area contributed by atoms with Crippen LogP contribution in [-0.4, -0.2) is 46.3 Å². The van der Waals surface area contributed by atoms with Crippen molar-refractivity contribution in [3.05, 3.63) is 26.5 Å². The summed E-state index contributed by atoms with van der Waals surface area (Å²) < 4.78 is 10.3. The van der Waals surface area contributed by atoms with E-state index in [1.807, 2.05) is 0 Å². The Morgan fingerprint density at radius 1 is 1.43 bits per heavy atom. The summed E-state index contributed by atoms with van der Waals surface area (Å²) in [5.74, 6) is 0. The molecule has 1 aromatic carbocycles. The monoisotopic (exact) mass is 415 g/mol. The topological polar surface area (TPSA) is 33.2 Å². The Balaban J connectivity index is 1.59. The van der Waals surface area contributed by atoms with Crippen LogP contribution in [0.25, 0.3) is 11.0 Å². The first kappa shape index (κ1) is 14.2. The molecule has 0 aliphatic carbocycles. The Bertz CT molecular complexity index is 725. The molecule has 1 N–H and O–H groups in total. The van der Waals surface area contributed by atoms with Crippen molar-refractivity contribution in [2.45, 2.75) is 31.5 Å². The van der Waals surface area contributed by atoms with Gasteiger partial charge in [-0.2, -0.15) is 0 Å². The highest BCUT2D eigenvalue weighted by Crippen LogP contribution is 2.24. The van der Waals surface area contributed by atoms with Gasteiger partial charge < -0.3 is 14.3 Å². The van der Waals surface area contributed by atoms with Gasteiger partial charge in [-0.25, -0.2) is 0 Å². The maximum absolute atomic E-state index is 6.07. The first-order chi connectivity index (χ1) is 10.2. The Kier molecular flexibility index (Phi) is 3.81. The number of aromatic nitrogens is 2. The van der Waals surface area contributed by atoms with Crippen LogP contribution in [0.5, 0.6) is 0 Å². The molecule has 112 valence electrons. The third-order valence-corrected chi connectivity index (χ3v) is 5.58. The number of rotatable bonds is 2. The molecule has 6 heteroatoms. The molecule has 2 aliphatic heterocycles. The summed E-state index contributed by atoms with van der Waals surface area (Å²) in [7, 11) is 0. The molecule has 2 fully saturated rings. The van der Waals surface area contributed by atoms with Crippen LogP contribution in [0, 0.1) is 8.34 Å². The Hall–Kier alpha value is -0.440. The molecular weight excluding hydrogens is 397 g/mol. The molecule has 21 heavy (non-hydrogen) atoms. The van der Waals surface area contributed by atoms with Crippen LogP contribution in [0.15, 0.2) is 18.2 Å². The number of H-pyrrole nitrogens is 1. The zero-order valence-corrected chi connectivity index (χ0v) is 14.7. The number of hydrogen-bond donors (Lipinski definition) is 1. The second-order valence-electron chi connectivity index (χ2n) is 5.95. The fourth-order valence-corrected chi connectivity index (χ4v) is 4.29. The third-order valence-electron chi connectivity index (χ3n) is 4.58. The van der Waals surface area contributed by atoms with Crippen LogP contribution in [0.1, 0.15) is 12.8 Å². The van der Waals surface area contributed by atoms with E-state index in [0.29, 0.717) is 6.04 Å². The van der Waals surface area contributed by atoms with E-state index < -0.39 is 0 Å². The maximum atomic E-state index is 6.07. The van der Waals surface area contributed by atoms with Gasteiger partial charge in [0.15, 0.2) is 4.77 Å². The zero-order valence-electron chi connectivity index (χ0n) is 11.7. The minimum atomic E-state index is 0.240. The van der Waals surface area contributed by atoms with E-state index in [4.69, 9.17) is 17.0 Å². The van der Waals surface area contributed by atoms with E-state index in [2.05, 4.69) is 55.2 Å². The van der Waals surface area contributed by atoms with Gasteiger partial charge in [0.1, 0.15) is 0 Å². The number of halogens is 1. The van der Waals surface area contributed by atoms with Crippen LogP contribution in [-0.2, 0) is 11.3 Å². The second kappa shape index (κ2) is 5.64. The van der Waals surface area contributed by atoms with Crippen molar-refractivity contribution in [3.63, 3.8) is 0 Å². The van der Waals surface area contributed by atoms with Gasteiger partial charge in [-0.1, -0.05) is 0 Å². The predicted molar refractivity (Wildman–Crippen MR) is 94.2 cm³/mol. The molecule has 0 bridgehead atoms. The molecule has 2 atom stereocenters. The fraction of sp³-hybridized carbons (Fsp3) is 0.533. The molecule has 0 amide bonds. The number of hydrogen-bond acceptors (Lipinski definition) is 3. The minimum Gasteiger partial charge on any atom is -0.373 e. The molecule has 2 aliphatic rings. The van der Waals surface area contributed by atoms with Crippen LogP contribution in [0.4, 0.5) is 0 Å². The fourth-order valence-electron chi connectivity index (χ4n) is 3.52. The summed E-state index contributed by atoms with van der Waals surface area (Å²) in [5.41, 5.74) is 2.29. The van der Waals surface area contributed by atoms with E-state index in [1.54, 1.807) is 0 Å². The quantitative estimate of drug-likeness (QED) is 0.605. The lowest BCUT2D eigenvalue weighted by Gasteiger charge is -2.35. The number of morpholine rings is 1. The third kappa shape index (κ3) is 2.67. The van der Waals surface area contributed by atoms with Gasteiger partial charge >= 0.3 is 0 Å². The molecule has 3 heterocycles. The predicted octanol–water partition coefficient (Wildman–Crippen LogP) is 3.17. The Morgan fingerprint density at radius 2 is 2.33 bits per heavy atom. The molecule has 2 saturated heterocycles. The lowest BCUT2D eigenvalue weighted by molar-refractivity contribution is -0.0548. The average Bonchev–Trinajstić information content (AvgIpc) is 3.03. The van der Waals surface area contributed by atoms with Gasteiger partial charge in [0.05, 0.1) is 30.3 Å². The van der Waals surface area contributed by atoms with E-state index in [-0.39, 0.29) is 6.10 Å². The number of ether oxygens (including phenoxy) is 1. The van der Waals surface area contributed by atoms with Crippen molar-refractivity contribution in [2.75, 3.05) is 19.7 Å². The molecule has 0 spiro atoms. The van der Waals surface area contributed by atoms with Gasteiger partial charge in [-0.05, 0) is 72.4 Å². The molecule has 0 saturated carbocycles. The standard InChI is InChI=1S/C15H18IN3OS/c16-10-3-4-14-13(6-10)17-15(21)19(14)8-12-7-18-5-1-2-11(18)9-20-12/h3-4,6,11-12H,1-2,5,7-9H2,(H,17,21). The van der Waals surface area contributed by atoms with Crippen LogP contribution in [0.2, 0.25) is 0 Å². The van der Waals surface area contributed by atoms with E-state index in [1.165, 1.54) is 28.5 Å². The van der Waals surface area contributed by atoms with Crippen molar-refractivity contribution in [1.82, 2.24) is 14.5 Å². The molecule has 4 nitrogen and oxygen atoms in total. The van der Waals surface area contributed by atoms with Crippen molar-refractivity contribution < 1.29 is 4.74 Å².